The maximum absolute atomic E-state index is 11.9. The zero-order valence-electron chi connectivity index (χ0n) is 9.33. The van der Waals surface area contributed by atoms with Crippen molar-refractivity contribution in [2.45, 2.75) is 12.5 Å². The van der Waals surface area contributed by atoms with Crippen LogP contribution in [0.4, 0.5) is 0 Å². The molecule has 0 spiro atoms. The van der Waals surface area contributed by atoms with Gasteiger partial charge in [-0.3, -0.25) is 10.1 Å². The number of carbonyl (C=O) groups excluding carboxylic acids is 2. The van der Waals surface area contributed by atoms with Crippen molar-refractivity contribution in [3.05, 3.63) is 34.9 Å². The third kappa shape index (κ3) is 2.18. The van der Waals surface area contributed by atoms with Gasteiger partial charge in [-0.25, -0.2) is 4.79 Å². The van der Waals surface area contributed by atoms with Crippen LogP contribution in [0.3, 0.4) is 0 Å². The van der Waals surface area contributed by atoms with Crippen LogP contribution in [0.5, 0.6) is 0 Å². The molecule has 0 aliphatic carbocycles. The molecule has 4 nitrogen and oxygen atoms in total. The van der Waals surface area contributed by atoms with Gasteiger partial charge in [0.05, 0.1) is 6.61 Å². The standard InChI is InChI=1S/C12H12ClNO3/c1-2-17-11(16)10(15)12(7-14-12)8-3-5-9(13)6-4-8/h3-6,14H,2,7H2,1H3. The van der Waals surface area contributed by atoms with Gasteiger partial charge in [0.1, 0.15) is 5.54 Å². The van der Waals surface area contributed by atoms with E-state index in [2.05, 4.69) is 5.32 Å². The highest BCUT2D eigenvalue weighted by atomic mass is 35.5. The SMILES string of the molecule is CCOC(=O)C(=O)C1(c2ccc(Cl)cc2)CN1. The second-order valence-electron chi connectivity index (χ2n) is 3.82. The molecular weight excluding hydrogens is 242 g/mol. The van der Waals surface area contributed by atoms with Gasteiger partial charge in [-0.15, -0.1) is 0 Å². The van der Waals surface area contributed by atoms with Crippen molar-refractivity contribution >= 4 is 23.4 Å². The van der Waals surface area contributed by atoms with Crippen LogP contribution in [0.2, 0.25) is 5.02 Å². The first-order valence-electron chi connectivity index (χ1n) is 5.33. The van der Waals surface area contributed by atoms with Crippen LogP contribution in [-0.4, -0.2) is 24.9 Å². The Bertz CT molecular complexity index is 451. The number of hydrogen-bond donors (Lipinski definition) is 1. The van der Waals surface area contributed by atoms with Gasteiger partial charge in [-0.1, -0.05) is 23.7 Å². The van der Waals surface area contributed by atoms with E-state index in [-0.39, 0.29) is 6.61 Å². The fourth-order valence-corrected chi connectivity index (χ4v) is 1.82. The summed E-state index contributed by atoms with van der Waals surface area (Å²) in [5.74, 6) is -1.35. The minimum Gasteiger partial charge on any atom is -0.460 e. The first-order chi connectivity index (χ1) is 8.10. The third-order valence-corrected chi connectivity index (χ3v) is 2.97. The molecule has 1 atom stereocenters. The lowest BCUT2D eigenvalue weighted by Crippen LogP contribution is -2.33. The number of ether oxygens (including phenoxy) is 1. The van der Waals surface area contributed by atoms with Gasteiger partial charge in [-0.05, 0) is 24.6 Å². The number of nitrogens with one attached hydrogen (secondary N) is 1. The third-order valence-electron chi connectivity index (χ3n) is 2.72. The second-order valence-corrected chi connectivity index (χ2v) is 4.25. The Morgan fingerprint density at radius 2 is 2.00 bits per heavy atom. The van der Waals surface area contributed by atoms with E-state index in [1.165, 1.54) is 0 Å². The first-order valence-corrected chi connectivity index (χ1v) is 5.70. The average molecular weight is 254 g/mol. The number of ketones is 1. The number of carbonyl (C=O) groups is 2. The molecule has 1 aliphatic rings. The van der Waals surface area contributed by atoms with Crippen molar-refractivity contribution in [1.29, 1.82) is 0 Å². The quantitative estimate of drug-likeness (QED) is 0.499. The molecule has 1 fully saturated rings. The molecule has 1 aromatic rings. The minimum absolute atomic E-state index is 0.196. The van der Waals surface area contributed by atoms with Crippen LogP contribution in [-0.2, 0) is 19.9 Å². The lowest BCUT2D eigenvalue weighted by molar-refractivity contribution is -0.154. The second kappa shape index (κ2) is 4.47. The highest BCUT2D eigenvalue weighted by Gasteiger charge is 2.54. The normalized spacial score (nSPS) is 22.0. The molecule has 5 heteroatoms. The molecule has 0 radical (unpaired) electrons. The molecule has 17 heavy (non-hydrogen) atoms. The molecule has 0 saturated carbocycles. The molecular formula is C12H12ClNO3. The molecule has 90 valence electrons. The van der Waals surface area contributed by atoms with E-state index in [1.807, 2.05) is 0 Å². The number of rotatable bonds is 4. The van der Waals surface area contributed by atoms with Gasteiger partial charge in [0, 0.05) is 11.6 Å². The van der Waals surface area contributed by atoms with Crippen LogP contribution in [0, 0.1) is 0 Å². The van der Waals surface area contributed by atoms with Gasteiger partial charge in [-0.2, -0.15) is 0 Å². The lowest BCUT2D eigenvalue weighted by atomic mass is 9.94. The predicted molar refractivity (Wildman–Crippen MR) is 62.8 cm³/mol. The summed E-state index contributed by atoms with van der Waals surface area (Å²) < 4.78 is 4.72. The topological polar surface area (TPSA) is 65.3 Å². The van der Waals surface area contributed by atoms with Crippen LogP contribution < -0.4 is 5.32 Å². The molecule has 1 saturated heterocycles. The molecule has 1 aliphatic heterocycles. The number of Topliss-reactive ketones (excluding diaryl/α,β-unsaturated/α-hetero) is 1. The Morgan fingerprint density at radius 1 is 1.41 bits per heavy atom. The maximum Gasteiger partial charge on any atom is 0.377 e. The zero-order chi connectivity index (χ0) is 12.5. The average Bonchev–Trinajstić information content (AvgIpc) is 3.10. The summed E-state index contributed by atoms with van der Waals surface area (Å²) in [6.45, 7) is 2.31. The van der Waals surface area contributed by atoms with Crippen molar-refractivity contribution in [3.8, 4) is 0 Å². The molecule has 1 unspecified atom stereocenters. The summed E-state index contributed by atoms with van der Waals surface area (Å²) in [4.78, 5) is 23.4. The van der Waals surface area contributed by atoms with Gasteiger partial charge < -0.3 is 4.74 Å². The highest BCUT2D eigenvalue weighted by Crippen LogP contribution is 2.32. The van der Waals surface area contributed by atoms with E-state index in [9.17, 15) is 9.59 Å². The number of benzene rings is 1. The fraction of sp³-hybridized carbons (Fsp3) is 0.333. The summed E-state index contributed by atoms with van der Waals surface area (Å²) in [6, 6.07) is 6.85. The van der Waals surface area contributed by atoms with E-state index in [0.29, 0.717) is 11.6 Å². The maximum atomic E-state index is 11.9. The molecule has 2 rings (SSSR count). The smallest absolute Gasteiger partial charge is 0.377 e. The Hall–Kier alpha value is -1.39. The van der Waals surface area contributed by atoms with E-state index in [4.69, 9.17) is 16.3 Å². The first kappa shape index (κ1) is 12.1. The van der Waals surface area contributed by atoms with Gasteiger partial charge in [0.2, 0.25) is 0 Å². The molecule has 0 aromatic heterocycles. The van der Waals surface area contributed by atoms with Gasteiger partial charge in [0.25, 0.3) is 5.78 Å². The van der Waals surface area contributed by atoms with Crippen molar-refractivity contribution in [1.82, 2.24) is 5.32 Å². The summed E-state index contributed by atoms with van der Waals surface area (Å²) >= 11 is 5.78. The van der Waals surface area contributed by atoms with E-state index in [0.717, 1.165) is 5.56 Å². The Balaban J connectivity index is 2.22. The van der Waals surface area contributed by atoms with Crippen molar-refractivity contribution < 1.29 is 14.3 Å². The monoisotopic (exact) mass is 253 g/mol. The van der Waals surface area contributed by atoms with Crippen molar-refractivity contribution in [2.24, 2.45) is 0 Å². The summed E-state index contributed by atoms with van der Waals surface area (Å²) in [5, 5.41) is 3.52. The number of hydrogen-bond acceptors (Lipinski definition) is 4. The predicted octanol–water partition coefficient (Wildman–Crippen LogP) is 1.27. The van der Waals surface area contributed by atoms with Gasteiger partial charge in [0.15, 0.2) is 0 Å². The molecule has 0 bridgehead atoms. The molecule has 0 amide bonds. The zero-order valence-corrected chi connectivity index (χ0v) is 10.1. The lowest BCUT2D eigenvalue weighted by Gasteiger charge is -2.11. The molecule has 1 aromatic carbocycles. The summed E-state index contributed by atoms with van der Waals surface area (Å²) in [5.41, 5.74) is -0.170. The van der Waals surface area contributed by atoms with Crippen LogP contribution in [0.1, 0.15) is 12.5 Å². The molecule has 1 heterocycles. The largest absolute Gasteiger partial charge is 0.460 e. The fourth-order valence-electron chi connectivity index (χ4n) is 1.69. The van der Waals surface area contributed by atoms with Crippen LogP contribution in [0.15, 0.2) is 24.3 Å². The van der Waals surface area contributed by atoms with Gasteiger partial charge >= 0.3 is 5.97 Å². The highest BCUT2D eigenvalue weighted by molar-refractivity contribution is 6.38. The summed E-state index contributed by atoms with van der Waals surface area (Å²) in [6.07, 6.45) is 0. The Kier molecular flexibility index (Phi) is 3.17. The molecule has 1 N–H and O–H groups in total. The van der Waals surface area contributed by atoms with Crippen molar-refractivity contribution in [3.63, 3.8) is 0 Å². The Morgan fingerprint density at radius 3 is 2.47 bits per heavy atom. The van der Waals surface area contributed by atoms with E-state index in [1.54, 1.807) is 31.2 Å². The van der Waals surface area contributed by atoms with E-state index < -0.39 is 17.3 Å². The number of halogens is 1. The number of esters is 1. The minimum atomic E-state index is -0.906. The van der Waals surface area contributed by atoms with Crippen molar-refractivity contribution in [2.75, 3.05) is 13.2 Å². The Labute approximate surface area is 104 Å². The van der Waals surface area contributed by atoms with Crippen LogP contribution >= 0.6 is 11.6 Å². The van der Waals surface area contributed by atoms with E-state index >= 15 is 0 Å². The summed E-state index contributed by atoms with van der Waals surface area (Å²) in [7, 11) is 0. The van der Waals surface area contributed by atoms with Crippen LogP contribution in [0.25, 0.3) is 0 Å².